The van der Waals surface area contributed by atoms with Gasteiger partial charge in [-0.2, -0.15) is 16.3 Å². The first kappa shape index (κ1) is 14.6. The zero-order chi connectivity index (χ0) is 15.6. The fourth-order valence-electron chi connectivity index (χ4n) is 3.15. The second kappa shape index (κ2) is 6.26. The van der Waals surface area contributed by atoms with E-state index < -0.39 is 0 Å². The maximum Gasteiger partial charge on any atom is 0.231 e. The summed E-state index contributed by atoms with van der Waals surface area (Å²) in [5, 5.41) is 8.54. The van der Waals surface area contributed by atoms with Crippen LogP contribution in [-0.4, -0.2) is 28.1 Å². The van der Waals surface area contributed by atoms with Crippen LogP contribution in [0.2, 0.25) is 0 Å². The van der Waals surface area contributed by atoms with Gasteiger partial charge in [-0.25, -0.2) is 0 Å². The largest absolute Gasteiger partial charge is 0.339 e. The monoisotopic (exact) mass is 325 g/mol. The van der Waals surface area contributed by atoms with Crippen molar-refractivity contribution >= 4 is 11.3 Å². The Morgan fingerprint density at radius 3 is 3.04 bits per heavy atom. The second-order valence-electron chi connectivity index (χ2n) is 6.12. The van der Waals surface area contributed by atoms with Crippen LogP contribution in [0.15, 0.2) is 45.6 Å². The first-order chi connectivity index (χ1) is 11.3. The molecule has 1 aromatic carbocycles. The first-order valence-electron chi connectivity index (χ1n) is 7.92. The van der Waals surface area contributed by atoms with Crippen LogP contribution < -0.4 is 0 Å². The van der Waals surface area contributed by atoms with Gasteiger partial charge in [-0.3, -0.25) is 4.90 Å². The first-order valence-corrected chi connectivity index (χ1v) is 8.87. The maximum atomic E-state index is 5.56. The Kier molecular flexibility index (Phi) is 3.97. The molecule has 1 aliphatic rings. The van der Waals surface area contributed by atoms with Crippen molar-refractivity contribution in [1.82, 2.24) is 15.0 Å². The molecule has 1 unspecified atom stereocenters. The fraction of sp³-hybridized carbons (Fsp3) is 0.333. The zero-order valence-corrected chi connectivity index (χ0v) is 13.9. The molecule has 0 bridgehead atoms. The summed E-state index contributed by atoms with van der Waals surface area (Å²) in [5.74, 6) is 1.82. The van der Waals surface area contributed by atoms with Crippen LogP contribution in [0.25, 0.3) is 11.4 Å². The number of rotatable bonds is 4. The summed E-state index contributed by atoms with van der Waals surface area (Å²) in [7, 11) is 0. The third kappa shape index (κ3) is 3.07. The number of hydrogen-bond acceptors (Lipinski definition) is 5. The van der Waals surface area contributed by atoms with E-state index in [9.17, 15) is 0 Å². The van der Waals surface area contributed by atoms with Crippen molar-refractivity contribution in [3.05, 3.63) is 58.1 Å². The summed E-state index contributed by atoms with van der Waals surface area (Å²) in [5.41, 5.74) is 3.61. The molecule has 4 nitrogen and oxygen atoms in total. The van der Waals surface area contributed by atoms with Gasteiger partial charge < -0.3 is 4.52 Å². The van der Waals surface area contributed by atoms with Gasteiger partial charge in [0.15, 0.2) is 0 Å². The summed E-state index contributed by atoms with van der Waals surface area (Å²) in [6, 6.07) is 10.3. The molecule has 2 aromatic heterocycles. The van der Waals surface area contributed by atoms with Crippen molar-refractivity contribution in [2.24, 2.45) is 0 Å². The molecule has 5 heteroatoms. The van der Waals surface area contributed by atoms with Crippen LogP contribution in [0.3, 0.4) is 0 Å². The Hall–Kier alpha value is -1.98. The van der Waals surface area contributed by atoms with E-state index in [-0.39, 0.29) is 0 Å². The molecule has 4 rings (SSSR count). The van der Waals surface area contributed by atoms with E-state index in [0.29, 0.717) is 11.7 Å². The van der Waals surface area contributed by atoms with E-state index in [1.165, 1.54) is 11.1 Å². The van der Waals surface area contributed by atoms with Crippen LogP contribution in [0.4, 0.5) is 0 Å². The SMILES string of the molecule is Cc1ccccc1-c1noc(C2CCN(Cc3ccsc3)C2)n1. The van der Waals surface area contributed by atoms with Gasteiger partial charge in [0.05, 0.1) is 5.92 Å². The quantitative estimate of drug-likeness (QED) is 0.724. The number of likely N-dealkylation sites (tertiary alicyclic amines) is 1. The summed E-state index contributed by atoms with van der Waals surface area (Å²) in [6.07, 6.45) is 1.08. The standard InChI is InChI=1S/C18H19N3OS/c1-13-4-2-3-5-16(13)17-19-18(22-20-17)15-6-8-21(11-15)10-14-7-9-23-12-14/h2-5,7,9,12,15H,6,8,10-11H2,1H3. The lowest BCUT2D eigenvalue weighted by Gasteiger charge is -2.13. The van der Waals surface area contributed by atoms with E-state index in [2.05, 4.69) is 44.9 Å². The molecule has 0 spiro atoms. The number of nitrogens with zero attached hydrogens (tertiary/aromatic N) is 3. The van der Waals surface area contributed by atoms with Gasteiger partial charge in [0.1, 0.15) is 0 Å². The molecule has 1 fully saturated rings. The minimum Gasteiger partial charge on any atom is -0.339 e. The van der Waals surface area contributed by atoms with Crippen LogP contribution in [0.5, 0.6) is 0 Å². The number of benzene rings is 1. The van der Waals surface area contributed by atoms with Gasteiger partial charge in [0, 0.05) is 18.7 Å². The Morgan fingerprint density at radius 2 is 2.22 bits per heavy atom. The highest BCUT2D eigenvalue weighted by Gasteiger charge is 2.28. The number of thiophene rings is 1. The molecule has 3 aromatic rings. The van der Waals surface area contributed by atoms with Crippen LogP contribution >= 0.6 is 11.3 Å². The van der Waals surface area contributed by atoms with E-state index in [1.807, 2.05) is 18.2 Å². The van der Waals surface area contributed by atoms with Crippen molar-refractivity contribution < 1.29 is 4.52 Å². The third-order valence-electron chi connectivity index (χ3n) is 4.44. The van der Waals surface area contributed by atoms with Crippen molar-refractivity contribution in [1.29, 1.82) is 0 Å². The van der Waals surface area contributed by atoms with E-state index >= 15 is 0 Å². The molecule has 3 heterocycles. The Morgan fingerprint density at radius 1 is 1.30 bits per heavy atom. The number of aromatic nitrogens is 2. The van der Waals surface area contributed by atoms with E-state index in [0.717, 1.165) is 37.5 Å². The minimum absolute atomic E-state index is 0.346. The average molecular weight is 325 g/mol. The van der Waals surface area contributed by atoms with Gasteiger partial charge in [0.2, 0.25) is 11.7 Å². The fourth-order valence-corrected chi connectivity index (χ4v) is 3.81. The van der Waals surface area contributed by atoms with Crippen LogP contribution in [0, 0.1) is 6.92 Å². The maximum absolute atomic E-state index is 5.56. The molecular weight excluding hydrogens is 306 g/mol. The van der Waals surface area contributed by atoms with Crippen molar-refractivity contribution in [3.63, 3.8) is 0 Å². The highest BCUT2D eigenvalue weighted by atomic mass is 32.1. The van der Waals surface area contributed by atoms with Gasteiger partial charge >= 0.3 is 0 Å². The molecule has 1 aliphatic heterocycles. The molecule has 1 atom stereocenters. The van der Waals surface area contributed by atoms with Gasteiger partial charge in [-0.1, -0.05) is 29.4 Å². The predicted octanol–water partition coefficient (Wildman–Crippen LogP) is 4.10. The van der Waals surface area contributed by atoms with Gasteiger partial charge in [-0.15, -0.1) is 0 Å². The molecule has 0 amide bonds. The molecule has 23 heavy (non-hydrogen) atoms. The second-order valence-corrected chi connectivity index (χ2v) is 6.90. The molecule has 118 valence electrons. The van der Waals surface area contributed by atoms with Gasteiger partial charge in [-0.05, 0) is 47.8 Å². The summed E-state index contributed by atoms with van der Waals surface area (Å²) < 4.78 is 5.56. The lowest BCUT2D eigenvalue weighted by Crippen LogP contribution is -2.19. The van der Waals surface area contributed by atoms with Crippen molar-refractivity contribution in [2.45, 2.75) is 25.8 Å². The van der Waals surface area contributed by atoms with Gasteiger partial charge in [0.25, 0.3) is 0 Å². The molecular formula is C18H19N3OS. The molecule has 0 aliphatic carbocycles. The Balaban J connectivity index is 1.47. The minimum atomic E-state index is 0.346. The lowest BCUT2D eigenvalue weighted by molar-refractivity contribution is 0.309. The van der Waals surface area contributed by atoms with Crippen molar-refractivity contribution in [2.75, 3.05) is 13.1 Å². The van der Waals surface area contributed by atoms with E-state index in [4.69, 9.17) is 4.52 Å². The zero-order valence-electron chi connectivity index (χ0n) is 13.1. The summed E-state index contributed by atoms with van der Waals surface area (Å²) in [4.78, 5) is 7.12. The highest BCUT2D eigenvalue weighted by molar-refractivity contribution is 7.07. The summed E-state index contributed by atoms with van der Waals surface area (Å²) >= 11 is 1.75. The topological polar surface area (TPSA) is 42.2 Å². The molecule has 0 N–H and O–H groups in total. The average Bonchev–Trinajstić information content (AvgIpc) is 3.29. The highest BCUT2D eigenvalue weighted by Crippen LogP contribution is 2.29. The third-order valence-corrected chi connectivity index (χ3v) is 5.17. The van der Waals surface area contributed by atoms with Crippen LogP contribution in [-0.2, 0) is 6.54 Å². The smallest absolute Gasteiger partial charge is 0.231 e. The Bertz CT molecular complexity index is 781. The number of hydrogen-bond donors (Lipinski definition) is 0. The number of aryl methyl sites for hydroxylation is 1. The van der Waals surface area contributed by atoms with Crippen LogP contribution in [0.1, 0.15) is 29.4 Å². The molecule has 0 radical (unpaired) electrons. The van der Waals surface area contributed by atoms with Crippen molar-refractivity contribution in [3.8, 4) is 11.4 Å². The van der Waals surface area contributed by atoms with E-state index in [1.54, 1.807) is 11.3 Å². The lowest BCUT2D eigenvalue weighted by atomic mass is 10.1. The Labute approximate surface area is 139 Å². The molecule has 1 saturated heterocycles. The predicted molar refractivity (Wildman–Crippen MR) is 91.4 cm³/mol. The normalized spacial score (nSPS) is 18.6. The summed E-state index contributed by atoms with van der Waals surface area (Å²) in [6.45, 7) is 5.16. The molecule has 0 saturated carbocycles.